The Kier molecular flexibility index (Phi) is 5.05. The van der Waals surface area contributed by atoms with Gasteiger partial charge in [0.1, 0.15) is 0 Å². The third-order valence-electron chi connectivity index (χ3n) is 3.03. The smallest absolute Gasteiger partial charge is 0.221 e. The molecule has 1 rings (SSSR count). The molecule has 0 radical (unpaired) electrons. The minimum absolute atomic E-state index is 0.102. The Morgan fingerprint density at radius 2 is 2.33 bits per heavy atom. The van der Waals surface area contributed by atoms with Crippen molar-refractivity contribution in [3.8, 4) is 0 Å². The summed E-state index contributed by atoms with van der Waals surface area (Å²) in [7, 11) is 0. The fourth-order valence-electron chi connectivity index (χ4n) is 1.86. The van der Waals surface area contributed by atoms with Crippen LogP contribution in [0.3, 0.4) is 0 Å². The Morgan fingerprint density at radius 3 is 2.93 bits per heavy atom. The van der Waals surface area contributed by atoms with E-state index in [2.05, 4.69) is 17.1 Å². The van der Waals surface area contributed by atoms with Crippen LogP contribution in [0.1, 0.15) is 26.7 Å². The summed E-state index contributed by atoms with van der Waals surface area (Å²) in [6.45, 7) is 7.16. The Morgan fingerprint density at radius 1 is 1.60 bits per heavy atom. The molecule has 4 nitrogen and oxygen atoms in total. The first-order valence-corrected chi connectivity index (χ1v) is 5.80. The lowest BCUT2D eigenvalue weighted by molar-refractivity contribution is -0.121. The molecular formula is C11H22N2O2. The van der Waals surface area contributed by atoms with Crippen LogP contribution in [0.25, 0.3) is 0 Å². The molecule has 2 unspecified atom stereocenters. The average molecular weight is 214 g/mol. The Hall–Kier alpha value is -0.610. The number of nitrogens with one attached hydrogen (secondary N) is 1. The summed E-state index contributed by atoms with van der Waals surface area (Å²) in [4.78, 5) is 13.4. The monoisotopic (exact) mass is 214 g/mol. The molecule has 0 aromatic rings. The largest absolute Gasteiger partial charge is 0.392 e. The van der Waals surface area contributed by atoms with Crippen molar-refractivity contribution >= 4 is 5.91 Å². The number of amides is 1. The SMILES string of the molecule is CCNC(=O)CCN1CCC(C)C(O)C1. The number of β-amino-alcohol motifs (C(OH)–C–C–N with tert-alkyl or cyclic N) is 1. The fraction of sp³-hybridized carbons (Fsp3) is 0.909. The van der Waals surface area contributed by atoms with E-state index in [0.29, 0.717) is 25.4 Å². The molecule has 1 saturated heterocycles. The highest BCUT2D eigenvalue weighted by Gasteiger charge is 2.23. The fourth-order valence-corrected chi connectivity index (χ4v) is 1.86. The number of carbonyl (C=O) groups is 1. The second-order valence-corrected chi connectivity index (χ2v) is 4.34. The molecule has 0 aliphatic carbocycles. The van der Waals surface area contributed by atoms with Crippen molar-refractivity contribution in [2.24, 2.45) is 5.92 Å². The number of rotatable bonds is 4. The van der Waals surface area contributed by atoms with Gasteiger partial charge in [0.2, 0.25) is 5.91 Å². The zero-order valence-electron chi connectivity index (χ0n) is 9.70. The third kappa shape index (κ3) is 4.18. The van der Waals surface area contributed by atoms with E-state index in [1.807, 2.05) is 6.92 Å². The van der Waals surface area contributed by atoms with Gasteiger partial charge < -0.3 is 15.3 Å². The van der Waals surface area contributed by atoms with E-state index < -0.39 is 0 Å². The standard InChI is InChI=1S/C11H22N2O2/c1-3-12-11(15)5-7-13-6-4-9(2)10(14)8-13/h9-10,14H,3-8H2,1-2H3,(H,12,15). The minimum Gasteiger partial charge on any atom is -0.392 e. The molecule has 88 valence electrons. The molecule has 2 N–H and O–H groups in total. The number of piperidine rings is 1. The topological polar surface area (TPSA) is 52.6 Å². The number of hydrogen-bond donors (Lipinski definition) is 2. The summed E-state index contributed by atoms with van der Waals surface area (Å²) >= 11 is 0. The summed E-state index contributed by atoms with van der Waals surface area (Å²) in [5.41, 5.74) is 0. The molecule has 0 saturated carbocycles. The lowest BCUT2D eigenvalue weighted by Gasteiger charge is -2.34. The predicted molar refractivity (Wildman–Crippen MR) is 59.5 cm³/mol. The van der Waals surface area contributed by atoms with Crippen LogP contribution >= 0.6 is 0 Å². The molecule has 0 bridgehead atoms. The molecule has 1 aliphatic rings. The van der Waals surface area contributed by atoms with Crippen molar-refractivity contribution in [2.45, 2.75) is 32.8 Å². The first-order chi connectivity index (χ1) is 7.13. The summed E-state index contributed by atoms with van der Waals surface area (Å²) in [6.07, 6.45) is 1.33. The van der Waals surface area contributed by atoms with E-state index in [1.54, 1.807) is 0 Å². The van der Waals surface area contributed by atoms with Crippen molar-refractivity contribution in [1.29, 1.82) is 0 Å². The van der Waals surface area contributed by atoms with Crippen molar-refractivity contribution < 1.29 is 9.90 Å². The van der Waals surface area contributed by atoms with Crippen LogP contribution in [-0.2, 0) is 4.79 Å². The quantitative estimate of drug-likeness (QED) is 0.703. The molecular weight excluding hydrogens is 192 g/mol. The van der Waals surface area contributed by atoms with Gasteiger partial charge in [-0.25, -0.2) is 0 Å². The molecule has 1 heterocycles. The zero-order valence-corrected chi connectivity index (χ0v) is 9.70. The van der Waals surface area contributed by atoms with E-state index in [1.165, 1.54) is 0 Å². The lowest BCUT2D eigenvalue weighted by Crippen LogP contribution is -2.44. The van der Waals surface area contributed by atoms with Gasteiger partial charge in [-0.05, 0) is 25.8 Å². The van der Waals surface area contributed by atoms with Gasteiger partial charge in [0, 0.05) is 26.1 Å². The average Bonchev–Trinajstić information content (AvgIpc) is 2.20. The lowest BCUT2D eigenvalue weighted by atomic mass is 9.96. The van der Waals surface area contributed by atoms with Gasteiger partial charge in [0.25, 0.3) is 0 Å². The molecule has 1 aliphatic heterocycles. The number of aliphatic hydroxyl groups excluding tert-OH is 1. The Labute approximate surface area is 91.6 Å². The van der Waals surface area contributed by atoms with Crippen molar-refractivity contribution in [3.63, 3.8) is 0 Å². The van der Waals surface area contributed by atoms with E-state index in [9.17, 15) is 9.90 Å². The number of hydrogen-bond acceptors (Lipinski definition) is 3. The van der Waals surface area contributed by atoms with Gasteiger partial charge in [-0.2, -0.15) is 0 Å². The van der Waals surface area contributed by atoms with Crippen LogP contribution in [0.2, 0.25) is 0 Å². The molecule has 0 aromatic carbocycles. The van der Waals surface area contributed by atoms with Crippen LogP contribution < -0.4 is 5.32 Å². The number of likely N-dealkylation sites (tertiary alicyclic amines) is 1. The first kappa shape index (κ1) is 12.5. The molecule has 1 amide bonds. The van der Waals surface area contributed by atoms with E-state index >= 15 is 0 Å². The van der Waals surface area contributed by atoms with Crippen LogP contribution in [0.5, 0.6) is 0 Å². The Bertz CT molecular complexity index is 209. The van der Waals surface area contributed by atoms with Gasteiger partial charge in [0.05, 0.1) is 6.10 Å². The van der Waals surface area contributed by atoms with Crippen LogP contribution in [0, 0.1) is 5.92 Å². The normalized spacial score (nSPS) is 27.7. The maximum atomic E-state index is 11.2. The summed E-state index contributed by atoms with van der Waals surface area (Å²) in [6, 6.07) is 0. The van der Waals surface area contributed by atoms with Gasteiger partial charge >= 0.3 is 0 Å². The van der Waals surface area contributed by atoms with E-state index in [4.69, 9.17) is 0 Å². The molecule has 0 spiro atoms. The van der Waals surface area contributed by atoms with Gasteiger partial charge in [-0.3, -0.25) is 4.79 Å². The number of nitrogens with zero attached hydrogens (tertiary/aromatic N) is 1. The molecule has 2 atom stereocenters. The van der Waals surface area contributed by atoms with Crippen LogP contribution in [0.4, 0.5) is 0 Å². The van der Waals surface area contributed by atoms with Crippen LogP contribution in [0.15, 0.2) is 0 Å². The highest BCUT2D eigenvalue weighted by molar-refractivity contribution is 5.75. The number of aliphatic hydroxyl groups is 1. The van der Waals surface area contributed by atoms with Gasteiger partial charge in [-0.15, -0.1) is 0 Å². The highest BCUT2D eigenvalue weighted by atomic mass is 16.3. The molecule has 15 heavy (non-hydrogen) atoms. The van der Waals surface area contributed by atoms with E-state index in [-0.39, 0.29) is 12.0 Å². The van der Waals surface area contributed by atoms with Gasteiger partial charge in [0.15, 0.2) is 0 Å². The number of carbonyl (C=O) groups excluding carboxylic acids is 1. The summed E-state index contributed by atoms with van der Waals surface area (Å²) in [5.74, 6) is 0.497. The van der Waals surface area contributed by atoms with Crippen molar-refractivity contribution in [2.75, 3.05) is 26.2 Å². The predicted octanol–water partition coefficient (Wildman–Crippen LogP) is 0.215. The Balaban J connectivity index is 2.19. The summed E-state index contributed by atoms with van der Waals surface area (Å²) in [5, 5.41) is 12.5. The highest BCUT2D eigenvalue weighted by Crippen LogP contribution is 2.16. The molecule has 0 aromatic heterocycles. The zero-order chi connectivity index (χ0) is 11.3. The first-order valence-electron chi connectivity index (χ1n) is 5.80. The molecule has 1 fully saturated rings. The molecule has 4 heteroatoms. The third-order valence-corrected chi connectivity index (χ3v) is 3.03. The minimum atomic E-state index is -0.229. The maximum Gasteiger partial charge on any atom is 0.221 e. The van der Waals surface area contributed by atoms with E-state index in [0.717, 1.165) is 19.5 Å². The van der Waals surface area contributed by atoms with Gasteiger partial charge in [-0.1, -0.05) is 6.92 Å². The maximum absolute atomic E-state index is 11.2. The van der Waals surface area contributed by atoms with Crippen molar-refractivity contribution in [1.82, 2.24) is 10.2 Å². The second-order valence-electron chi connectivity index (χ2n) is 4.34. The van der Waals surface area contributed by atoms with Crippen LogP contribution in [-0.4, -0.2) is 48.2 Å². The van der Waals surface area contributed by atoms with Crippen molar-refractivity contribution in [3.05, 3.63) is 0 Å². The second kappa shape index (κ2) is 6.08. The summed E-state index contributed by atoms with van der Waals surface area (Å²) < 4.78 is 0.